The molecule has 0 spiro atoms. The van der Waals surface area contributed by atoms with E-state index in [0.29, 0.717) is 12.1 Å². The van der Waals surface area contributed by atoms with Crippen molar-refractivity contribution >= 4 is 16.7 Å². The lowest BCUT2D eigenvalue weighted by molar-refractivity contribution is 0.0593. The lowest BCUT2D eigenvalue weighted by atomic mass is 9.94. The Bertz CT molecular complexity index is 903. The molecular weight excluding hydrogens is 302 g/mol. The number of nitrogens with zero attached hydrogens (tertiary/aromatic N) is 2. The number of carbonyl (C=O) groups excluding carboxylic acids is 1. The van der Waals surface area contributed by atoms with Gasteiger partial charge in [0, 0.05) is 0 Å². The second kappa shape index (κ2) is 6.97. The van der Waals surface area contributed by atoms with Gasteiger partial charge in [0.25, 0.3) is 0 Å². The normalized spacial score (nSPS) is 11.8. The van der Waals surface area contributed by atoms with Crippen molar-refractivity contribution in [1.82, 2.24) is 9.97 Å². The first-order chi connectivity index (χ1) is 11.7. The summed E-state index contributed by atoms with van der Waals surface area (Å²) >= 11 is 0. The van der Waals surface area contributed by atoms with Crippen LogP contribution in [-0.4, -0.2) is 23.0 Å². The number of methoxy groups -OCH3 is 1. The van der Waals surface area contributed by atoms with Crippen molar-refractivity contribution in [3.05, 3.63) is 65.7 Å². The number of aromatic amines is 1. The molecule has 0 fully saturated rings. The Labute approximate surface area is 139 Å². The molecule has 5 heteroatoms. The number of esters is 1. The molecule has 0 bridgehead atoms. The van der Waals surface area contributed by atoms with E-state index in [9.17, 15) is 10.1 Å². The summed E-state index contributed by atoms with van der Waals surface area (Å²) in [7, 11) is 1.30. The number of ether oxygens (including phenoxy) is 1. The molecule has 0 saturated carbocycles. The molecule has 24 heavy (non-hydrogen) atoms. The summed E-state index contributed by atoms with van der Waals surface area (Å²) in [5.74, 6) is -0.975. The monoisotopic (exact) mass is 319 g/mol. The smallest absolute Gasteiger partial charge is 0.358 e. The summed E-state index contributed by atoms with van der Waals surface area (Å²) in [6.07, 6.45) is 2.75. The molecular formula is C19H17N3O2. The Balaban J connectivity index is 1.83. The van der Waals surface area contributed by atoms with Crippen LogP contribution in [0.1, 0.15) is 34.1 Å². The number of nitrogens with one attached hydrogen (secondary N) is 1. The number of hydrogen-bond donors (Lipinski definition) is 1. The van der Waals surface area contributed by atoms with E-state index in [-0.39, 0.29) is 5.69 Å². The standard InChI is InChI=1S/C19H17N3O2/c1-24-19(23)18-17(21-12-22-18)15(11-20)10-9-14-7-4-6-13-5-2-3-8-16(13)14/h2-8,12,15H,9-10H2,1H3,(H,21,22). The fourth-order valence-electron chi connectivity index (χ4n) is 2.91. The van der Waals surface area contributed by atoms with Gasteiger partial charge in [-0.25, -0.2) is 9.78 Å². The van der Waals surface area contributed by atoms with Crippen molar-refractivity contribution in [3.8, 4) is 6.07 Å². The van der Waals surface area contributed by atoms with Gasteiger partial charge >= 0.3 is 5.97 Å². The fraction of sp³-hybridized carbons (Fsp3) is 0.211. The molecule has 1 N–H and O–H groups in total. The van der Waals surface area contributed by atoms with Crippen molar-refractivity contribution in [2.75, 3.05) is 7.11 Å². The van der Waals surface area contributed by atoms with Crippen molar-refractivity contribution < 1.29 is 9.53 Å². The number of carbonyl (C=O) groups is 1. The molecule has 0 aliphatic heterocycles. The first-order valence-corrected chi connectivity index (χ1v) is 7.72. The van der Waals surface area contributed by atoms with E-state index in [1.807, 2.05) is 18.2 Å². The van der Waals surface area contributed by atoms with Gasteiger partial charge in [0.2, 0.25) is 0 Å². The maximum Gasteiger partial charge on any atom is 0.358 e. The highest BCUT2D eigenvalue weighted by Crippen LogP contribution is 2.25. The van der Waals surface area contributed by atoms with Crippen LogP contribution in [0.2, 0.25) is 0 Å². The van der Waals surface area contributed by atoms with Crippen molar-refractivity contribution in [2.45, 2.75) is 18.8 Å². The minimum atomic E-state index is -0.531. The molecule has 2 aromatic carbocycles. The van der Waals surface area contributed by atoms with E-state index < -0.39 is 11.9 Å². The van der Waals surface area contributed by atoms with Crippen molar-refractivity contribution in [2.24, 2.45) is 0 Å². The summed E-state index contributed by atoms with van der Waals surface area (Å²) in [5.41, 5.74) is 1.89. The summed E-state index contributed by atoms with van der Waals surface area (Å²) in [6.45, 7) is 0. The van der Waals surface area contributed by atoms with Crippen LogP contribution in [0.25, 0.3) is 10.8 Å². The molecule has 0 saturated heterocycles. The molecule has 0 aliphatic carbocycles. The highest BCUT2D eigenvalue weighted by molar-refractivity contribution is 5.88. The summed E-state index contributed by atoms with van der Waals surface area (Å²) < 4.78 is 4.72. The number of imidazole rings is 1. The number of H-pyrrole nitrogens is 1. The third-order valence-electron chi connectivity index (χ3n) is 4.13. The average molecular weight is 319 g/mol. The number of rotatable bonds is 5. The first-order valence-electron chi connectivity index (χ1n) is 7.72. The second-order valence-electron chi connectivity index (χ2n) is 5.52. The Kier molecular flexibility index (Phi) is 4.57. The summed E-state index contributed by atoms with van der Waals surface area (Å²) in [6, 6.07) is 16.6. The molecule has 5 nitrogen and oxygen atoms in total. The summed E-state index contributed by atoms with van der Waals surface area (Å²) in [5, 5.41) is 11.9. The molecule has 120 valence electrons. The van der Waals surface area contributed by atoms with Gasteiger partial charge < -0.3 is 9.72 Å². The van der Waals surface area contributed by atoms with Crippen LogP contribution >= 0.6 is 0 Å². The Hall–Kier alpha value is -3.13. The Morgan fingerprint density at radius 2 is 2.08 bits per heavy atom. The van der Waals surface area contributed by atoms with E-state index >= 15 is 0 Å². The van der Waals surface area contributed by atoms with Crippen LogP contribution in [0, 0.1) is 11.3 Å². The second-order valence-corrected chi connectivity index (χ2v) is 5.52. The quantitative estimate of drug-likeness (QED) is 0.729. The van der Waals surface area contributed by atoms with Gasteiger partial charge in [0.05, 0.1) is 31.1 Å². The fourth-order valence-corrected chi connectivity index (χ4v) is 2.91. The highest BCUT2D eigenvalue weighted by Gasteiger charge is 2.22. The maximum absolute atomic E-state index is 11.8. The van der Waals surface area contributed by atoms with Crippen molar-refractivity contribution in [3.63, 3.8) is 0 Å². The molecule has 1 heterocycles. The minimum absolute atomic E-state index is 0.182. The van der Waals surface area contributed by atoms with Gasteiger partial charge in [-0.05, 0) is 29.2 Å². The van der Waals surface area contributed by atoms with Crippen LogP contribution in [0.4, 0.5) is 0 Å². The predicted octanol–water partition coefficient (Wildman–Crippen LogP) is 3.59. The molecule has 1 unspecified atom stereocenters. The molecule has 1 aromatic heterocycles. The minimum Gasteiger partial charge on any atom is -0.464 e. The van der Waals surface area contributed by atoms with E-state index in [0.717, 1.165) is 6.42 Å². The molecule has 3 rings (SSSR count). The van der Waals surface area contributed by atoms with E-state index in [2.05, 4.69) is 40.3 Å². The lowest BCUT2D eigenvalue weighted by Gasteiger charge is -2.11. The van der Waals surface area contributed by atoms with E-state index in [1.165, 1.54) is 29.8 Å². The van der Waals surface area contributed by atoms with E-state index in [4.69, 9.17) is 4.74 Å². The number of hydrogen-bond acceptors (Lipinski definition) is 4. The van der Waals surface area contributed by atoms with Gasteiger partial charge in [-0.1, -0.05) is 42.5 Å². The third kappa shape index (κ3) is 2.99. The van der Waals surface area contributed by atoms with Crippen molar-refractivity contribution in [1.29, 1.82) is 5.26 Å². The van der Waals surface area contributed by atoms with Crippen LogP contribution in [0.5, 0.6) is 0 Å². The van der Waals surface area contributed by atoms with Gasteiger partial charge in [-0.15, -0.1) is 0 Å². The first kappa shape index (κ1) is 15.8. The maximum atomic E-state index is 11.8. The molecule has 3 aromatic rings. The van der Waals surface area contributed by atoms with Gasteiger partial charge in [-0.2, -0.15) is 5.26 Å². The number of aryl methyl sites for hydroxylation is 1. The van der Waals surface area contributed by atoms with Gasteiger partial charge in [0.1, 0.15) is 0 Å². The van der Waals surface area contributed by atoms with E-state index in [1.54, 1.807) is 0 Å². The third-order valence-corrected chi connectivity index (χ3v) is 4.13. The zero-order chi connectivity index (χ0) is 16.9. The number of nitriles is 1. The predicted molar refractivity (Wildman–Crippen MR) is 90.6 cm³/mol. The Morgan fingerprint density at radius 1 is 1.29 bits per heavy atom. The van der Waals surface area contributed by atoms with Crippen LogP contribution in [0.15, 0.2) is 48.8 Å². The SMILES string of the molecule is COC(=O)c1nc[nH]c1C(C#N)CCc1cccc2ccccc12. The number of fused-ring (bicyclic) bond motifs is 1. The molecule has 1 atom stereocenters. The summed E-state index contributed by atoms with van der Waals surface area (Å²) in [4.78, 5) is 18.6. The van der Waals surface area contributed by atoms with Crippen LogP contribution < -0.4 is 0 Å². The Morgan fingerprint density at radius 3 is 2.88 bits per heavy atom. The lowest BCUT2D eigenvalue weighted by Crippen LogP contribution is -2.09. The van der Waals surface area contributed by atoms with Gasteiger partial charge in [0.15, 0.2) is 5.69 Å². The molecule has 0 aliphatic rings. The van der Waals surface area contributed by atoms with Crippen LogP contribution in [-0.2, 0) is 11.2 Å². The average Bonchev–Trinajstić information content (AvgIpc) is 3.11. The zero-order valence-electron chi connectivity index (χ0n) is 13.3. The highest BCUT2D eigenvalue weighted by atomic mass is 16.5. The van der Waals surface area contributed by atoms with Crippen LogP contribution in [0.3, 0.4) is 0 Å². The number of benzene rings is 2. The topological polar surface area (TPSA) is 78.8 Å². The molecule has 0 radical (unpaired) electrons. The molecule has 0 amide bonds. The largest absolute Gasteiger partial charge is 0.464 e. The number of aromatic nitrogens is 2. The van der Waals surface area contributed by atoms with Gasteiger partial charge in [-0.3, -0.25) is 0 Å². The zero-order valence-corrected chi connectivity index (χ0v) is 13.3.